The van der Waals surface area contributed by atoms with E-state index in [1.165, 1.54) is 23.9 Å². The largest absolute Gasteiger partial charge is 0.302 e. The normalized spacial score (nSPS) is 14.6. The van der Waals surface area contributed by atoms with Gasteiger partial charge in [-0.3, -0.25) is 0 Å². The van der Waals surface area contributed by atoms with Crippen molar-refractivity contribution in [2.75, 3.05) is 11.5 Å². The summed E-state index contributed by atoms with van der Waals surface area (Å²) in [4.78, 5) is 0.0634. The van der Waals surface area contributed by atoms with Gasteiger partial charge in [-0.15, -0.1) is 16.8 Å². The molecule has 1 heterocycles. The first-order valence-electron chi connectivity index (χ1n) is 7.77. The second-order valence-corrected chi connectivity index (χ2v) is 9.74. The number of hydrogen-bond acceptors (Lipinski definition) is 5. The fraction of sp³-hybridized carbons (Fsp3) is 0.375. The van der Waals surface area contributed by atoms with E-state index in [1.807, 2.05) is 4.57 Å². The summed E-state index contributed by atoms with van der Waals surface area (Å²) in [6.07, 6.45) is 4.05. The molecule has 0 amide bonds. The van der Waals surface area contributed by atoms with Crippen molar-refractivity contribution < 1.29 is 8.42 Å². The van der Waals surface area contributed by atoms with Crippen molar-refractivity contribution in [3.8, 4) is 0 Å². The van der Waals surface area contributed by atoms with Gasteiger partial charge in [-0.05, 0) is 31.0 Å². The van der Waals surface area contributed by atoms with Gasteiger partial charge in [0, 0.05) is 23.2 Å². The molecule has 2 aromatic rings. The average Bonchev–Trinajstić information content (AvgIpc) is 3.33. The maximum absolute atomic E-state index is 12.5. The van der Waals surface area contributed by atoms with Crippen LogP contribution in [0.25, 0.3) is 0 Å². The SMILES string of the molecule is C=CCn1c(SCCS(=O)(=O)c2cc(Cl)ccc2Cl)nnc1C1CC1. The Morgan fingerprint density at radius 2 is 2.08 bits per heavy atom. The second-order valence-electron chi connectivity index (χ2n) is 5.76. The minimum atomic E-state index is -3.52. The first-order valence-corrected chi connectivity index (χ1v) is 11.2. The maximum atomic E-state index is 12.5. The van der Waals surface area contributed by atoms with E-state index < -0.39 is 9.84 Å². The Balaban J connectivity index is 1.70. The molecule has 0 unspecified atom stereocenters. The Morgan fingerprint density at radius 3 is 2.76 bits per heavy atom. The van der Waals surface area contributed by atoms with Gasteiger partial charge in [0.1, 0.15) is 5.82 Å². The van der Waals surface area contributed by atoms with E-state index in [4.69, 9.17) is 23.2 Å². The molecule has 1 aliphatic carbocycles. The summed E-state index contributed by atoms with van der Waals surface area (Å²) in [5.41, 5.74) is 0. The molecule has 25 heavy (non-hydrogen) atoms. The third kappa shape index (κ3) is 4.39. The van der Waals surface area contributed by atoms with Crippen molar-refractivity contribution in [1.29, 1.82) is 0 Å². The molecule has 0 radical (unpaired) electrons. The number of halogens is 2. The standard InChI is InChI=1S/C16H17Cl2N3O2S2/c1-2-7-21-15(11-3-4-11)19-20-16(21)24-8-9-25(22,23)14-10-12(17)5-6-13(14)18/h2,5-6,10-11H,1,3-4,7-9H2. The smallest absolute Gasteiger partial charge is 0.191 e. The van der Waals surface area contributed by atoms with Gasteiger partial charge in [-0.1, -0.05) is 41.0 Å². The molecule has 0 atom stereocenters. The van der Waals surface area contributed by atoms with Crippen LogP contribution in [0.5, 0.6) is 0 Å². The van der Waals surface area contributed by atoms with Crippen LogP contribution in [0, 0.1) is 0 Å². The van der Waals surface area contributed by atoms with Crippen molar-refractivity contribution in [1.82, 2.24) is 14.8 Å². The summed E-state index contributed by atoms with van der Waals surface area (Å²) >= 11 is 13.3. The zero-order valence-corrected chi connectivity index (χ0v) is 16.5. The van der Waals surface area contributed by atoms with E-state index in [9.17, 15) is 8.42 Å². The van der Waals surface area contributed by atoms with E-state index in [2.05, 4.69) is 16.8 Å². The van der Waals surface area contributed by atoms with Gasteiger partial charge in [-0.2, -0.15) is 0 Å². The van der Waals surface area contributed by atoms with Gasteiger partial charge in [-0.25, -0.2) is 8.42 Å². The summed E-state index contributed by atoms with van der Waals surface area (Å²) in [6, 6.07) is 4.44. The Hall–Kier alpha value is -1.02. The second kappa shape index (κ2) is 7.70. The highest BCUT2D eigenvalue weighted by Crippen LogP contribution is 2.40. The summed E-state index contributed by atoms with van der Waals surface area (Å²) < 4.78 is 27.0. The number of nitrogens with zero attached hydrogens (tertiary/aromatic N) is 3. The predicted molar refractivity (Wildman–Crippen MR) is 101 cm³/mol. The molecular formula is C16H17Cl2N3O2S2. The quantitative estimate of drug-likeness (QED) is 0.475. The Labute approximate surface area is 161 Å². The van der Waals surface area contributed by atoms with Crippen LogP contribution in [-0.4, -0.2) is 34.7 Å². The van der Waals surface area contributed by atoms with E-state index in [1.54, 1.807) is 12.1 Å². The molecule has 134 valence electrons. The molecule has 0 spiro atoms. The first-order chi connectivity index (χ1) is 11.9. The van der Waals surface area contributed by atoms with Gasteiger partial charge < -0.3 is 4.57 Å². The molecule has 1 aromatic carbocycles. The lowest BCUT2D eigenvalue weighted by atomic mass is 10.4. The van der Waals surface area contributed by atoms with Gasteiger partial charge in [0.05, 0.1) is 15.7 Å². The summed E-state index contributed by atoms with van der Waals surface area (Å²) in [7, 11) is -3.52. The van der Waals surface area contributed by atoms with Gasteiger partial charge in [0.15, 0.2) is 15.0 Å². The van der Waals surface area contributed by atoms with E-state index in [-0.39, 0.29) is 15.7 Å². The highest BCUT2D eigenvalue weighted by atomic mass is 35.5. The third-order valence-corrected chi connectivity index (χ3v) is 7.46. The summed E-state index contributed by atoms with van der Waals surface area (Å²) in [5, 5.41) is 9.70. The molecule has 0 bridgehead atoms. The van der Waals surface area contributed by atoms with Crippen molar-refractivity contribution in [3.63, 3.8) is 0 Å². The summed E-state index contributed by atoms with van der Waals surface area (Å²) in [5.74, 6) is 1.72. The number of allylic oxidation sites excluding steroid dienone is 1. The molecule has 5 nitrogen and oxygen atoms in total. The lowest BCUT2D eigenvalue weighted by molar-refractivity contribution is 0.597. The fourth-order valence-corrected chi connectivity index (χ4v) is 5.83. The molecule has 1 saturated carbocycles. The Kier molecular flexibility index (Phi) is 5.78. The molecule has 1 aliphatic rings. The Morgan fingerprint density at radius 1 is 1.32 bits per heavy atom. The number of thioether (sulfide) groups is 1. The monoisotopic (exact) mass is 417 g/mol. The highest BCUT2D eigenvalue weighted by Gasteiger charge is 2.30. The van der Waals surface area contributed by atoms with Crippen molar-refractivity contribution in [2.45, 2.75) is 35.4 Å². The molecule has 0 N–H and O–H groups in total. The van der Waals surface area contributed by atoms with Crippen molar-refractivity contribution in [3.05, 3.63) is 46.7 Å². The first kappa shape index (κ1) is 18.8. The molecule has 3 rings (SSSR count). The number of aromatic nitrogens is 3. The number of rotatable bonds is 8. The van der Waals surface area contributed by atoms with Gasteiger partial charge in [0.25, 0.3) is 0 Å². The molecule has 1 aromatic heterocycles. The lowest BCUT2D eigenvalue weighted by Gasteiger charge is -2.08. The molecule has 0 saturated heterocycles. The van der Waals surface area contributed by atoms with Crippen molar-refractivity contribution >= 4 is 44.8 Å². The van der Waals surface area contributed by atoms with Crippen LogP contribution in [0.15, 0.2) is 40.9 Å². The minimum Gasteiger partial charge on any atom is -0.302 e. The van der Waals surface area contributed by atoms with E-state index in [0.717, 1.165) is 18.7 Å². The van der Waals surface area contributed by atoms with Crippen LogP contribution in [0.2, 0.25) is 10.0 Å². The van der Waals surface area contributed by atoms with Crippen molar-refractivity contribution in [2.24, 2.45) is 0 Å². The van der Waals surface area contributed by atoms with E-state index in [0.29, 0.717) is 28.4 Å². The predicted octanol–water partition coefficient (Wildman–Crippen LogP) is 4.21. The number of benzene rings is 1. The third-order valence-electron chi connectivity index (χ3n) is 3.81. The van der Waals surface area contributed by atoms with Crippen LogP contribution in [0.1, 0.15) is 24.6 Å². The molecule has 9 heteroatoms. The number of sulfone groups is 1. The summed E-state index contributed by atoms with van der Waals surface area (Å²) in [6.45, 7) is 4.39. The molecule has 1 fully saturated rings. The van der Waals surface area contributed by atoms with Crippen LogP contribution >= 0.6 is 35.0 Å². The van der Waals surface area contributed by atoms with Crippen LogP contribution < -0.4 is 0 Å². The Bertz CT molecular complexity index is 893. The minimum absolute atomic E-state index is 0.0581. The van der Waals surface area contributed by atoms with Crippen LogP contribution in [0.4, 0.5) is 0 Å². The van der Waals surface area contributed by atoms with Gasteiger partial charge >= 0.3 is 0 Å². The van der Waals surface area contributed by atoms with E-state index >= 15 is 0 Å². The topological polar surface area (TPSA) is 64.8 Å². The number of hydrogen-bond donors (Lipinski definition) is 0. The lowest BCUT2D eigenvalue weighted by Crippen LogP contribution is -2.10. The highest BCUT2D eigenvalue weighted by molar-refractivity contribution is 8.00. The molecular weight excluding hydrogens is 401 g/mol. The zero-order chi connectivity index (χ0) is 18.0. The van der Waals surface area contributed by atoms with Gasteiger partial charge in [0.2, 0.25) is 0 Å². The zero-order valence-electron chi connectivity index (χ0n) is 13.4. The average molecular weight is 418 g/mol. The maximum Gasteiger partial charge on any atom is 0.191 e. The van der Waals surface area contributed by atoms with Crippen LogP contribution in [0.3, 0.4) is 0 Å². The fourth-order valence-electron chi connectivity index (χ4n) is 2.42. The molecule has 0 aliphatic heterocycles. The van der Waals surface area contributed by atoms with Crippen LogP contribution in [-0.2, 0) is 16.4 Å².